The molecule has 0 aromatic heterocycles. The van der Waals surface area contributed by atoms with Crippen LogP contribution in [0.5, 0.6) is 0 Å². The van der Waals surface area contributed by atoms with E-state index >= 15 is 0 Å². The molecule has 0 radical (unpaired) electrons. The van der Waals surface area contributed by atoms with Crippen molar-refractivity contribution in [2.24, 2.45) is 0 Å². The van der Waals surface area contributed by atoms with E-state index in [0.717, 1.165) is 6.61 Å². The molecule has 0 saturated carbocycles. The van der Waals surface area contributed by atoms with Gasteiger partial charge < -0.3 is 4.43 Å². The van der Waals surface area contributed by atoms with Crippen LogP contribution in [0.1, 0.15) is 46.5 Å². The average Bonchev–Trinajstić information content (AvgIpc) is 2.06. The molecule has 0 rings (SSSR count). The largest absolute Gasteiger partial charge is 0.420 e. The Morgan fingerprint density at radius 1 is 0.917 bits per heavy atom. The number of unbranched alkanes of at least 4 members (excludes halogenated alkanes) is 1. The molecular formula is C10H24OSi. The van der Waals surface area contributed by atoms with E-state index in [1.807, 2.05) is 0 Å². The Bertz CT molecular complexity index is 79.9. The topological polar surface area (TPSA) is 9.23 Å². The first-order valence-corrected chi connectivity index (χ1v) is 7.57. The fourth-order valence-electron chi connectivity index (χ4n) is 1.35. The third kappa shape index (κ3) is 6.86. The van der Waals surface area contributed by atoms with Gasteiger partial charge in [0.15, 0.2) is 9.04 Å². The van der Waals surface area contributed by atoms with Gasteiger partial charge in [-0.1, -0.05) is 40.0 Å². The van der Waals surface area contributed by atoms with Crippen LogP contribution in [0.3, 0.4) is 0 Å². The molecule has 74 valence electrons. The minimum Gasteiger partial charge on any atom is -0.420 e. The highest BCUT2D eigenvalue weighted by molar-refractivity contribution is 6.51. The van der Waals surface area contributed by atoms with Crippen molar-refractivity contribution in [3.63, 3.8) is 0 Å². The summed E-state index contributed by atoms with van der Waals surface area (Å²) in [4.78, 5) is 0. The molecule has 0 aliphatic rings. The van der Waals surface area contributed by atoms with Crippen molar-refractivity contribution in [2.45, 2.75) is 58.5 Å². The highest BCUT2D eigenvalue weighted by atomic mass is 28.3. The van der Waals surface area contributed by atoms with Crippen LogP contribution in [0.4, 0.5) is 0 Å². The maximum atomic E-state index is 5.90. The van der Waals surface area contributed by atoms with Crippen LogP contribution in [0.15, 0.2) is 0 Å². The molecule has 0 heterocycles. The van der Waals surface area contributed by atoms with Gasteiger partial charge in [-0.25, -0.2) is 0 Å². The first-order chi connectivity index (χ1) is 5.85. The highest BCUT2D eigenvalue weighted by Crippen LogP contribution is 2.07. The van der Waals surface area contributed by atoms with Gasteiger partial charge in [0.25, 0.3) is 0 Å². The standard InChI is InChI=1S/C10H24OSi/c1-4-7-8-11-12(9-5-2)10-6-3/h12H,4-10H2,1-3H3. The molecule has 0 aliphatic heterocycles. The second-order valence-electron chi connectivity index (χ2n) is 3.42. The van der Waals surface area contributed by atoms with E-state index < -0.39 is 9.04 Å². The summed E-state index contributed by atoms with van der Waals surface area (Å²) < 4.78 is 5.90. The molecule has 0 aliphatic carbocycles. The third-order valence-corrected chi connectivity index (χ3v) is 5.22. The fraction of sp³-hybridized carbons (Fsp3) is 1.00. The normalized spacial score (nSPS) is 11.0. The lowest BCUT2D eigenvalue weighted by atomic mass is 10.4. The van der Waals surface area contributed by atoms with Crippen LogP contribution < -0.4 is 0 Å². The Morgan fingerprint density at radius 3 is 1.92 bits per heavy atom. The maximum absolute atomic E-state index is 5.90. The molecule has 0 spiro atoms. The van der Waals surface area contributed by atoms with Crippen LogP contribution in [0.2, 0.25) is 12.1 Å². The van der Waals surface area contributed by atoms with Crippen molar-refractivity contribution in [3.05, 3.63) is 0 Å². The first-order valence-electron chi connectivity index (χ1n) is 5.46. The number of rotatable bonds is 8. The zero-order valence-corrected chi connectivity index (χ0v) is 10.1. The molecule has 0 amide bonds. The maximum Gasteiger partial charge on any atom is 0.176 e. The van der Waals surface area contributed by atoms with Gasteiger partial charge in [-0.05, 0) is 18.5 Å². The van der Waals surface area contributed by atoms with Gasteiger partial charge >= 0.3 is 0 Å². The van der Waals surface area contributed by atoms with E-state index in [0.29, 0.717) is 0 Å². The van der Waals surface area contributed by atoms with E-state index in [-0.39, 0.29) is 0 Å². The summed E-state index contributed by atoms with van der Waals surface area (Å²) in [5.74, 6) is 0. The Balaban J connectivity index is 3.34. The lowest BCUT2D eigenvalue weighted by Gasteiger charge is -2.14. The lowest BCUT2D eigenvalue weighted by Crippen LogP contribution is -2.17. The molecule has 0 aromatic rings. The summed E-state index contributed by atoms with van der Waals surface area (Å²) in [6, 6.07) is 2.75. The van der Waals surface area contributed by atoms with Crippen LogP contribution in [0.25, 0.3) is 0 Å². The van der Waals surface area contributed by atoms with Crippen molar-refractivity contribution < 1.29 is 4.43 Å². The Morgan fingerprint density at radius 2 is 1.50 bits per heavy atom. The van der Waals surface area contributed by atoms with Gasteiger partial charge in [0.05, 0.1) is 0 Å². The average molecular weight is 188 g/mol. The minimum atomic E-state index is -0.765. The molecule has 0 unspecified atom stereocenters. The quantitative estimate of drug-likeness (QED) is 0.419. The van der Waals surface area contributed by atoms with E-state index in [1.165, 1.54) is 37.8 Å². The van der Waals surface area contributed by atoms with Crippen molar-refractivity contribution in [2.75, 3.05) is 6.61 Å². The first kappa shape index (κ1) is 12.2. The van der Waals surface area contributed by atoms with Crippen LogP contribution in [0, 0.1) is 0 Å². The summed E-state index contributed by atoms with van der Waals surface area (Å²) in [6.07, 6.45) is 5.13. The van der Waals surface area contributed by atoms with E-state index in [1.54, 1.807) is 0 Å². The molecule has 0 N–H and O–H groups in total. The van der Waals surface area contributed by atoms with Crippen LogP contribution in [-0.4, -0.2) is 15.6 Å². The molecule has 0 atom stereocenters. The summed E-state index contributed by atoms with van der Waals surface area (Å²) >= 11 is 0. The summed E-state index contributed by atoms with van der Waals surface area (Å²) in [5, 5.41) is 0. The smallest absolute Gasteiger partial charge is 0.176 e. The lowest BCUT2D eigenvalue weighted by molar-refractivity contribution is 0.308. The third-order valence-electron chi connectivity index (χ3n) is 2.07. The minimum absolute atomic E-state index is 0.765. The predicted molar refractivity (Wildman–Crippen MR) is 58.2 cm³/mol. The monoisotopic (exact) mass is 188 g/mol. The zero-order valence-electron chi connectivity index (χ0n) is 8.94. The molecule has 1 nitrogen and oxygen atoms in total. The second kappa shape index (κ2) is 9.27. The molecule has 0 saturated heterocycles. The van der Waals surface area contributed by atoms with Crippen LogP contribution in [-0.2, 0) is 4.43 Å². The van der Waals surface area contributed by atoms with Gasteiger partial charge in [0, 0.05) is 6.61 Å². The van der Waals surface area contributed by atoms with Gasteiger partial charge in [-0.15, -0.1) is 0 Å². The number of hydrogen-bond donors (Lipinski definition) is 0. The van der Waals surface area contributed by atoms with Gasteiger partial charge in [-0.3, -0.25) is 0 Å². The van der Waals surface area contributed by atoms with Crippen molar-refractivity contribution >= 4 is 9.04 Å². The molecule has 0 aromatic carbocycles. The van der Waals surface area contributed by atoms with E-state index in [4.69, 9.17) is 4.43 Å². The molecule has 12 heavy (non-hydrogen) atoms. The molecule has 0 fully saturated rings. The fourth-order valence-corrected chi connectivity index (χ4v) is 3.76. The zero-order chi connectivity index (χ0) is 9.23. The van der Waals surface area contributed by atoms with Crippen molar-refractivity contribution in [1.29, 1.82) is 0 Å². The summed E-state index contributed by atoms with van der Waals surface area (Å²) in [5.41, 5.74) is 0. The Labute approximate surface area is 79.2 Å². The van der Waals surface area contributed by atoms with Gasteiger partial charge in [0.1, 0.15) is 0 Å². The second-order valence-corrected chi connectivity index (χ2v) is 6.16. The van der Waals surface area contributed by atoms with Crippen LogP contribution >= 0.6 is 0 Å². The van der Waals surface area contributed by atoms with Crippen molar-refractivity contribution in [3.8, 4) is 0 Å². The Hall–Kier alpha value is 0.177. The molecule has 2 heteroatoms. The van der Waals surface area contributed by atoms with Gasteiger partial charge in [-0.2, -0.15) is 0 Å². The molecular weight excluding hydrogens is 164 g/mol. The van der Waals surface area contributed by atoms with Gasteiger partial charge in [0.2, 0.25) is 0 Å². The van der Waals surface area contributed by atoms with E-state index in [9.17, 15) is 0 Å². The summed E-state index contributed by atoms with van der Waals surface area (Å²) in [7, 11) is -0.765. The van der Waals surface area contributed by atoms with Crippen molar-refractivity contribution in [1.82, 2.24) is 0 Å². The number of hydrogen-bond acceptors (Lipinski definition) is 1. The van der Waals surface area contributed by atoms with E-state index in [2.05, 4.69) is 20.8 Å². The predicted octanol–water partition coefficient (Wildman–Crippen LogP) is 3.35. The SMILES string of the molecule is CCCCO[SiH](CCC)CCC. The Kier molecular flexibility index (Phi) is 9.40. The molecule has 0 bridgehead atoms. The summed E-state index contributed by atoms with van der Waals surface area (Å²) in [6.45, 7) is 7.77. The highest BCUT2D eigenvalue weighted by Gasteiger charge is 2.08.